The molecule has 4 N–H and O–H groups in total. The normalized spacial score (nSPS) is 16.6. The van der Waals surface area contributed by atoms with Crippen molar-refractivity contribution in [2.75, 3.05) is 19.6 Å². The molecular formula is C32H49N5O8. The number of nitrogens with zero attached hydrogens (tertiary/aromatic N) is 1. The number of alkyl carbamates (subject to hydrolysis) is 1. The Morgan fingerprint density at radius 1 is 0.911 bits per heavy atom. The molecule has 0 radical (unpaired) electrons. The van der Waals surface area contributed by atoms with Crippen LogP contribution in [0.15, 0.2) is 30.3 Å². The summed E-state index contributed by atoms with van der Waals surface area (Å²) in [6.45, 7) is 11.9. The summed E-state index contributed by atoms with van der Waals surface area (Å²) in [6.07, 6.45) is 0.906. The lowest BCUT2D eigenvalue weighted by atomic mass is 9.97. The topological polar surface area (TPSA) is 172 Å². The van der Waals surface area contributed by atoms with Gasteiger partial charge in [-0.1, -0.05) is 64.4 Å². The predicted molar refractivity (Wildman–Crippen MR) is 166 cm³/mol. The fraction of sp³-hybridized carbons (Fsp3) is 0.625. The number of rotatable bonds is 14. The van der Waals surface area contributed by atoms with Crippen LogP contribution in [0.5, 0.6) is 0 Å². The van der Waals surface area contributed by atoms with Crippen molar-refractivity contribution in [3.8, 4) is 0 Å². The second-order valence-corrected chi connectivity index (χ2v) is 12.6. The second kappa shape index (κ2) is 17.4. The van der Waals surface area contributed by atoms with Crippen molar-refractivity contribution >= 4 is 35.7 Å². The van der Waals surface area contributed by atoms with Crippen molar-refractivity contribution in [2.24, 2.45) is 11.8 Å². The first-order chi connectivity index (χ1) is 21.1. The highest BCUT2D eigenvalue weighted by Crippen LogP contribution is 2.22. The fourth-order valence-electron chi connectivity index (χ4n) is 4.69. The van der Waals surface area contributed by atoms with E-state index in [4.69, 9.17) is 9.47 Å². The van der Waals surface area contributed by atoms with Crippen LogP contribution in [0, 0.1) is 11.8 Å². The fourth-order valence-corrected chi connectivity index (χ4v) is 4.69. The maximum atomic E-state index is 13.6. The van der Waals surface area contributed by atoms with Crippen molar-refractivity contribution < 1.29 is 38.2 Å². The highest BCUT2D eigenvalue weighted by Gasteiger charge is 2.40. The maximum absolute atomic E-state index is 13.6. The summed E-state index contributed by atoms with van der Waals surface area (Å²) in [6, 6.07) is 6.62. The lowest BCUT2D eigenvalue weighted by molar-refractivity contribution is -0.155. The van der Waals surface area contributed by atoms with Gasteiger partial charge in [0.15, 0.2) is 0 Å². The summed E-state index contributed by atoms with van der Waals surface area (Å²) in [5.41, 5.74) is 0.107. The summed E-state index contributed by atoms with van der Waals surface area (Å²) in [5.74, 6) is -3.25. The van der Waals surface area contributed by atoms with Crippen molar-refractivity contribution in [3.63, 3.8) is 0 Å². The van der Waals surface area contributed by atoms with Gasteiger partial charge in [-0.2, -0.15) is 0 Å². The zero-order valence-corrected chi connectivity index (χ0v) is 27.4. The number of esters is 1. The van der Waals surface area contributed by atoms with E-state index in [1.807, 2.05) is 44.2 Å². The van der Waals surface area contributed by atoms with E-state index in [1.165, 1.54) is 4.90 Å². The summed E-state index contributed by atoms with van der Waals surface area (Å²) < 4.78 is 10.6. The van der Waals surface area contributed by atoms with Crippen LogP contribution in [-0.2, 0) is 40.1 Å². The maximum Gasteiger partial charge on any atom is 0.408 e. The minimum Gasteiger partial charge on any atom is -0.459 e. The van der Waals surface area contributed by atoms with Crippen molar-refractivity contribution in [1.29, 1.82) is 0 Å². The molecule has 0 aliphatic carbocycles. The van der Waals surface area contributed by atoms with Gasteiger partial charge in [0.1, 0.15) is 36.9 Å². The standard InChI is InChI=1S/C32H49N5O8/c1-8-21(4)27(29(41)37-16-12-15-23(37)30(42)44-19-22-13-10-9-11-14-22)36-24(38)17-33-28(40)26(20(2)3)35-25(39)18-34-31(43)45-32(5,6)7/h9-11,13-14,20-21,23,26-27H,8,12,15-19H2,1-7H3,(H,33,40)(H,34,43)(H,35,39)(H,36,38)/t21-,23-,26-,27-/m0/s1. The van der Waals surface area contributed by atoms with Crippen molar-refractivity contribution in [1.82, 2.24) is 26.2 Å². The van der Waals surface area contributed by atoms with Crippen LogP contribution >= 0.6 is 0 Å². The molecule has 1 heterocycles. The number of amides is 5. The average molecular weight is 632 g/mol. The molecule has 0 saturated carbocycles. The molecule has 4 atom stereocenters. The molecule has 1 aliphatic heterocycles. The SMILES string of the molecule is CC[C@H](C)[C@H](NC(=O)CNC(=O)[C@@H](NC(=O)CNC(=O)OC(C)(C)C)C(C)C)C(=O)N1CCC[C@H]1C(=O)OCc1ccccc1. The van der Waals surface area contributed by atoms with E-state index in [0.717, 1.165) is 5.56 Å². The van der Waals surface area contributed by atoms with Crippen molar-refractivity contribution in [3.05, 3.63) is 35.9 Å². The molecule has 2 rings (SSSR count). The summed E-state index contributed by atoms with van der Waals surface area (Å²) >= 11 is 0. The Morgan fingerprint density at radius 2 is 1.51 bits per heavy atom. The molecular weight excluding hydrogens is 582 g/mol. The number of nitrogens with one attached hydrogen (secondary N) is 4. The van der Waals surface area contributed by atoms with Crippen LogP contribution in [0.1, 0.15) is 73.3 Å². The summed E-state index contributed by atoms with van der Waals surface area (Å²) in [4.78, 5) is 78.1. The second-order valence-electron chi connectivity index (χ2n) is 12.6. The summed E-state index contributed by atoms with van der Waals surface area (Å²) in [7, 11) is 0. The molecule has 0 spiro atoms. The molecule has 1 fully saturated rings. The van der Waals surface area contributed by atoms with E-state index >= 15 is 0 Å². The molecule has 5 amide bonds. The Hall–Kier alpha value is -4.16. The number of carbonyl (C=O) groups excluding carboxylic acids is 6. The molecule has 13 heteroatoms. The Morgan fingerprint density at radius 3 is 2.09 bits per heavy atom. The van der Waals surface area contributed by atoms with Gasteiger partial charge in [0.05, 0.1) is 6.54 Å². The molecule has 0 bridgehead atoms. The molecule has 250 valence electrons. The average Bonchev–Trinajstić information content (AvgIpc) is 3.48. The smallest absolute Gasteiger partial charge is 0.408 e. The third-order valence-corrected chi connectivity index (χ3v) is 7.31. The minimum atomic E-state index is -0.981. The van der Waals surface area contributed by atoms with Gasteiger partial charge in [-0.15, -0.1) is 0 Å². The minimum absolute atomic E-state index is 0.0987. The number of carbonyl (C=O) groups is 6. The lowest BCUT2D eigenvalue weighted by Crippen LogP contribution is -2.57. The van der Waals surface area contributed by atoms with Crippen LogP contribution in [0.4, 0.5) is 4.79 Å². The first kappa shape index (κ1) is 37.0. The molecule has 1 aromatic rings. The van der Waals surface area contributed by atoms with E-state index in [2.05, 4.69) is 21.3 Å². The highest BCUT2D eigenvalue weighted by atomic mass is 16.6. The largest absolute Gasteiger partial charge is 0.459 e. The third kappa shape index (κ3) is 12.4. The van der Waals surface area contributed by atoms with Crippen LogP contribution in [-0.4, -0.2) is 84.0 Å². The molecule has 0 unspecified atom stereocenters. The number of ether oxygens (including phenoxy) is 2. The first-order valence-electron chi connectivity index (χ1n) is 15.5. The number of hydrogen-bond donors (Lipinski definition) is 4. The Bertz CT molecular complexity index is 1180. The molecule has 1 saturated heterocycles. The first-order valence-corrected chi connectivity index (χ1v) is 15.5. The molecule has 1 aliphatic rings. The van der Waals surface area contributed by atoms with E-state index in [9.17, 15) is 28.8 Å². The van der Waals surface area contributed by atoms with E-state index in [-0.39, 0.29) is 24.3 Å². The van der Waals surface area contributed by atoms with Crippen molar-refractivity contribution in [2.45, 2.75) is 98.1 Å². The quantitative estimate of drug-likeness (QED) is 0.226. The van der Waals surface area contributed by atoms with Gasteiger partial charge in [0.2, 0.25) is 23.6 Å². The monoisotopic (exact) mass is 631 g/mol. The Kier molecular flexibility index (Phi) is 14.3. The number of likely N-dealkylation sites (tertiary alicyclic amines) is 1. The number of hydrogen-bond acceptors (Lipinski definition) is 8. The van der Waals surface area contributed by atoms with Gasteiger partial charge in [-0.25, -0.2) is 9.59 Å². The van der Waals surface area contributed by atoms with Crippen LogP contribution < -0.4 is 21.3 Å². The lowest BCUT2D eigenvalue weighted by Gasteiger charge is -2.31. The predicted octanol–water partition coefficient (Wildman–Crippen LogP) is 2.03. The van der Waals surface area contributed by atoms with Gasteiger partial charge >= 0.3 is 12.1 Å². The van der Waals surface area contributed by atoms with E-state index in [1.54, 1.807) is 34.6 Å². The summed E-state index contributed by atoms with van der Waals surface area (Å²) in [5, 5.41) is 10.1. The Labute approximate surface area is 265 Å². The molecule has 0 aromatic heterocycles. The zero-order valence-electron chi connectivity index (χ0n) is 27.4. The van der Waals surface area contributed by atoms with E-state index < -0.39 is 66.6 Å². The third-order valence-electron chi connectivity index (χ3n) is 7.31. The van der Waals surface area contributed by atoms with Crippen LogP contribution in [0.2, 0.25) is 0 Å². The molecule has 45 heavy (non-hydrogen) atoms. The van der Waals surface area contributed by atoms with Gasteiger partial charge < -0.3 is 35.6 Å². The van der Waals surface area contributed by atoms with Crippen LogP contribution in [0.3, 0.4) is 0 Å². The number of benzene rings is 1. The van der Waals surface area contributed by atoms with E-state index in [0.29, 0.717) is 25.8 Å². The van der Waals surface area contributed by atoms with Crippen LogP contribution in [0.25, 0.3) is 0 Å². The van der Waals surface area contributed by atoms with Gasteiger partial charge in [0.25, 0.3) is 0 Å². The Balaban J connectivity index is 1.95. The van der Waals surface area contributed by atoms with Gasteiger partial charge in [0, 0.05) is 6.54 Å². The van der Waals surface area contributed by atoms with Gasteiger partial charge in [-0.05, 0) is 51.0 Å². The molecule has 13 nitrogen and oxygen atoms in total. The molecule has 1 aromatic carbocycles. The zero-order chi connectivity index (χ0) is 33.7. The highest BCUT2D eigenvalue weighted by molar-refractivity contribution is 5.94. The van der Waals surface area contributed by atoms with Gasteiger partial charge in [-0.3, -0.25) is 19.2 Å².